The van der Waals surface area contributed by atoms with Gasteiger partial charge in [-0.15, -0.1) is 5.10 Å². The normalized spacial score (nSPS) is 11.5. The lowest BCUT2D eigenvalue weighted by molar-refractivity contribution is 0.00673. The van der Waals surface area contributed by atoms with Gasteiger partial charge in [-0.05, 0) is 48.9 Å². The molecule has 25 heavy (non-hydrogen) atoms. The molecule has 0 unspecified atom stereocenters. The third-order valence-corrected chi connectivity index (χ3v) is 4.11. The number of aromatic nitrogens is 3. The van der Waals surface area contributed by atoms with Crippen molar-refractivity contribution in [1.29, 1.82) is 0 Å². The average Bonchev–Trinajstić information content (AvgIpc) is 3.02. The fourth-order valence-electron chi connectivity index (χ4n) is 2.31. The monoisotopic (exact) mass is 451 g/mol. The van der Waals surface area contributed by atoms with E-state index in [4.69, 9.17) is 9.47 Å². The van der Waals surface area contributed by atoms with Crippen LogP contribution in [0.15, 0.2) is 42.6 Å². The van der Waals surface area contributed by atoms with Gasteiger partial charge in [0.1, 0.15) is 32.7 Å². The summed E-state index contributed by atoms with van der Waals surface area (Å²) in [5.74, 6) is -0.00318. The summed E-state index contributed by atoms with van der Waals surface area (Å²) in [6, 6.07) is 11.5. The van der Waals surface area contributed by atoms with Crippen molar-refractivity contribution < 1.29 is 14.3 Å². The molecule has 0 N–H and O–H groups in total. The van der Waals surface area contributed by atoms with Crippen LogP contribution in [0.2, 0.25) is 0 Å². The highest BCUT2D eigenvalue weighted by molar-refractivity contribution is 14.1. The van der Waals surface area contributed by atoms with Crippen molar-refractivity contribution in [2.24, 2.45) is 0 Å². The maximum atomic E-state index is 12.7. The lowest BCUT2D eigenvalue weighted by atomic mass is 10.1. The van der Waals surface area contributed by atoms with E-state index in [1.54, 1.807) is 10.6 Å². The number of pyridine rings is 1. The van der Waals surface area contributed by atoms with E-state index < -0.39 is 11.6 Å². The van der Waals surface area contributed by atoms with Crippen LogP contribution in [0.4, 0.5) is 0 Å². The Labute approximate surface area is 159 Å². The van der Waals surface area contributed by atoms with Crippen LogP contribution < -0.4 is 4.74 Å². The van der Waals surface area contributed by atoms with Crippen molar-refractivity contribution >= 4 is 34.1 Å². The number of carbonyl (C=O) groups excluding carboxylic acids is 1. The molecule has 0 bridgehead atoms. The number of esters is 1. The Kier molecular flexibility index (Phi) is 4.94. The third-order valence-electron chi connectivity index (χ3n) is 3.34. The summed E-state index contributed by atoms with van der Waals surface area (Å²) >= 11 is 2.13. The number of rotatable bonds is 4. The lowest BCUT2D eigenvalue weighted by Gasteiger charge is -2.21. The number of carbonyl (C=O) groups is 1. The van der Waals surface area contributed by atoms with Gasteiger partial charge in [-0.1, -0.05) is 35.5 Å². The first-order chi connectivity index (χ1) is 11.8. The predicted octanol–water partition coefficient (Wildman–Crippen LogP) is 3.87. The molecule has 0 saturated heterocycles. The zero-order chi connectivity index (χ0) is 18.0. The van der Waals surface area contributed by atoms with E-state index in [2.05, 4.69) is 32.9 Å². The van der Waals surface area contributed by atoms with E-state index in [-0.39, 0.29) is 0 Å². The molecule has 0 aliphatic carbocycles. The van der Waals surface area contributed by atoms with E-state index >= 15 is 0 Å². The quantitative estimate of drug-likeness (QED) is 0.343. The van der Waals surface area contributed by atoms with E-state index in [1.165, 1.54) is 6.20 Å². The molecule has 1 aromatic carbocycles. The molecule has 130 valence electrons. The molecule has 2 heterocycles. The molecular weight excluding hydrogens is 433 g/mol. The first-order valence-electron chi connectivity index (χ1n) is 7.78. The van der Waals surface area contributed by atoms with Crippen molar-refractivity contribution in [3.05, 3.63) is 57.4 Å². The minimum absolute atomic E-state index is 0.330. The fourth-order valence-corrected chi connectivity index (χ4v) is 2.95. The molecule has 7 heteroatoms. The predicted molar refractivity (Wildman–Crippen MR) is 102 cm³/mol. The van der Waals surface area contributed by atoms with Crippen LogP contribution in [0, 0.1) is 3.70 Å². The van der Waals surface area contributed by atoms with Crippen molar-refractivity contribution in [1.82, 2.24) is 14.8 Å². The first-order valence-corrected chi connectivity index (χ1v) is 8.86. The first kappa shape index (κ1) is 17.7. The molecule has 3 rings (SSSR count). The molecule has 0 radical (unpaired) electrons. The van der Waals surface area contributed by atoms with Gasteiger partial charge in [0.05, 0.1) is 6.20 Å². The van der Waals surface area contributed by atoms with E-state index in [1.807, 2.05) is 51.1 Å². The summed E-state index contributed by atoms with van der Waals surface area (Å²) in [5.41, 5.74) is 1.29. The smallest absolute Gasteiger partial charge is 0.344 e. The molecule has 0 aliphatic rings. The Hall–Kier alpha value is -2.16. The minimum atomic E-state index is -0.610. The summed E-state index contributed by atoms with van der Waals surface area (Å²) in [5, 5.41) is 7.92. The fraction of sp³-hybridized carbons (Fsp3) is 0.278. The summed E-state index contributed by atoms with van der Waals surface area (Å²) < 4.78 is 13.9. The number of hydrogen-bond acceptors (Lipinski definition) is 5. The molecule has 0 fully saturated rings. The zero-order valence-electron chi connectivity index (χ0n) is 14.2. The van der Waals surface area contributed by atoms with Crippen LogP contribution >= 0.6 is 22.6 Å². The van der Waals surface area contributed by atoms with Gasteiger partial charge in [-0.2, -0.15) is 0 Å². The van der Waals surface area contributed by atoms with Crippen LogP contribution in [0.1, 0.15) is 36.7 Å². The second kappa shape index (κ2) is 6.99. The summed E-state index contributed by atoms with van der Waals surface area (Å²) in [7, 11) is 0. The number of nitrogens with zero attached hydrogens (tertiary/aromatic N) is 3. The van der Waals surface area contributed by atoms with Gasteiger partial charge in [0.25, 0.3) is 0 Å². The van der Waals surface area contributed by atoms with Crippen LogP contribution in [0.3, 0.4) is 0 Å². The average molecular weight is 451 g/mol. The van der Waals surface area contributed by atoms with Gasteiger partial charge >= 0.3 is 5.97 Å². The summed E-state index contributed by atoms with van der Waals surface area (Å²) in [6.45, 7) is 5.83. The Morgan fingerprint density at radius 3 is 2.64 bits per heavy atom. The van der Waals surface area contributed by atoms with Crippen LogP contribution in [0.25, 0.3) is 5.52 Å². The number of hydrogen-bond donors (Lipinski definition) is 0. The Bertz CT molecular complexity index is 901. The number of ether oxygens (including phenoxy) is 2. The van der Waals surface area contributed by atoms with E-state index in [0.29, 0.717) is 23.4 Å². The van der Waals surface area contributed by atoms with Crippen LogP contribution in [-0.2, 0) is 11.3 Å². The SMILES string of the molecule is CC(C)(C)OC(=O)c1c(OCc2ccccc2)cc(I)n2nncc12. The van der Waals surface area contributed by atoms with Crippen molar-refractivity contribution in [3.8, 4) is 5.75 Å². The van der Waals surface area contributed by atoms with Crippen LogP contribution in [0.5, 0.6) is 5.75 Å². The molecular formula is C18H18IN3O3. The third kappa shape index (κ3) is 4.09. The Morgan fingerprint density at radius 2 is 1.96 bits per heavy atom. The standard InChI is InChI=1S/C18H18IN3O3/c1-18(2,3)25-17(23)16-13-10-20-21-22(13)15(19)9-14(16)24-11-12-7-5-4-6-8-12/h4-10H,11H2,1-3H3. The second-order valence-corrected chi connectivity index (χ2v) is 7.62. The Morgan fingerprint density at radius 1 is 1.24 bits per heavy atom. The number of benzene rings is 1. The number of halogens is 1. The van der Waals surface area contributed by atoms with Crippen LogP contribution in [-0.4, -0.2) is 26.4 Å². The molecule has 3 aromatic rings. The van der Waals surface area contributed by atoms with Gasteiger partial charge in [-0.3, -0.25) is 0 Å². The van der Waals surface area contributed by atoms with Gasteiger partial charge in [0, 0.05) is 6.07 Å². The topological polar surface area (TPSA) is 65.7 Å². The van der Waals surface area contributed by atoms with Gasteiger partial charge in [0.15, 0.2) is 0 Å². The molecule has 0 amide bonds. The Balaban J connectivity index is 2.01. The number of fused-ring (bicyclic) bond motifs is 1. The molecule has 0 aliphatic heterocycles. The lowest BCUT2D eigenvalue weighted by Crippen LogP contribution is -2.25. The highest BCUT2D eigenvalue weighted by atomic mass is 127. The summed E-state index contributed by atoms with van der Waals surface area (Å²) in [6.07, 6.45) is 1.54. The zero-order valence-corrected chi connectivity index (χ0v) is 16.4. The van der Waals surface area contributed by atoms with Gasteiger partial charge in [-0.25, -0.2) is 9.31 Å². The van der Waals surface area contributed by atoms with Crippen molar-refractivity contribution in [2.75, 3.05) is 0 Å². The highest BCUT2D eigenvalue weighted by Crippen LogP contribution is 2.29. The molecule has 0 atom stereocenters. The molecule has 0 saturated carbocycles. The molecule has 2 aromatic heterocycles. The largest absolute Gasteiger partial charge is 0.488 e. The maximum Gasteiger partial charge on any atom is 0.344 e. The summed E-state index contributed by atoms with van der Waals surface area (Å²) in [4.78, 5) is 12.7. The van der Waals surface area contributed by atoms with Gasteiger partial charge < -0.3 is 9.47 Å². The highest BCUT2D eigenvalue weighted by Gasteiger charge is 2.25. The van der Waals surface area contributed by atoms with E-state index in [9.17, 15) is 4.79 Å². The molecule has 6 nitrogen and oxygen atoms in total. The van der Waals surface area contributed by atoms with Crippen molar-refractivity contribution in [2.45, 2.75) is 33.0 Å². The van der Waals surface area contributed by atoms with Crippen molar-refractivity contribution in [3.63, 3.8) is 0 Å². The minimum Gasteiger partial charge on any atom is -0.488 e. The van der Waals surface area contributed by atoms with E-state index in [0.717, 1.165) is 9.26 Å². The second-order valence-electron chi connectivity index (χ2n) is 6.51. The maximum absolute atomic E-state index is 12.7. The molecule has 0 spiro atoms. The van der Waals surface area contributed by atoms with Gasteiger partial charge in [0.2, 0.25) is 0 Å².